The molecule has 1 fully saturated rings. The average molecular weight is 283 g/mol. The number of nitrogens with zero attached hydrogens (tertiary/aromatic N) is 3. The zero-order valence-corrected chi connectivity index (χ0v) is 11.6. The second-order valence-corrected chi connectivity index (χ2v) is 4.86. The first-order chi connectivity index (χ1) is 10.3. The minimum Gasteiger partial charge on any atom is -0.360 e. The highest BCUT2D eigenvalue weighted by Crippen LogP contribution is 2.16. The topological polar surface area (TPSA) is 70.2 Å². The van der Waals surface area contributed by atoms with Gasteiger partial charge < -0.3 is 15.5 Å². The van der Waals surface area contributed by atoms with E-state index in [1.54, 1.807) is 18.5 Å². The Morgan fingerprint density at radius 2 is 1.95 bits per heavy atom. The summed E-state index contributed by atoms with van der Waals surface area (Å²) in [5, 5.41) is 5.99. The molecular formula is C15H17N5O. The summed E-state index contributed by atoms with van der Waals surface area (Å²) in [6, 6.07) is 9.98. The fraction of sp³-hybridized carbons (Fsp3) is 0.267. The number of rotatable bonds is 4. The maximum Gasteiger partial charge on any atom is 0.239 e. The molecule has 0 unspecified atom stereocenters. The SMILES string of the molecule is O=C1CN(c2ccc(CNc3ncccn3)cc2)CCN1. The molecule has 21 heavy (non-hydrogen) atoms. The summed E-state index contributed by atoms with van der Waals surface area (Å²) in [5.41, 5.74) is 2.22. The molecule has 2 aromatic rings. The van der Waals surface area contributed by atoms with Crippen molar-refractivity contribution in [3.05, 3.63) is 48.3 Å². The predicted molar refractivity (Wildman–Crippen MR) is 81.0 cm³/mol. The van der Waals surface area contributed by atoms with E-state index in [0.717, 1.165) is 17.8 Å². The number of hydrogen-bond donors (Lipinski definition) is 2. The number of benzene rings is 1. The first-order valence-corrected chi connectivity index (χ1v) is 6.93. The minimum absolute atomic E-state index is 0.0771. The van der Waals surface area contributed by atoms with Gasteiger partial charge in [-0.15, -0.1) is 0 Å². The van der Waals surface area contributed by atoms with E-state index in [4.69, 9.17) is 0 Å². The third kappa shape index (κ3) is 3.47. The Morgan fingerprint density at radius 3 is 2.67 bits per heavy atom. The van der Waals surface area contributed by atoms with Gasteiger partial charge in [-0.3, -0.25) is 4.79 Å². The van der Waals surface area contributed by atoms with E-state index in [1.807, 2.05) is 12.1 Å². The van der Waals surface area contributed by atoms with Crippen LogP contribution in [0.1, 0.15) is 5.56 Å². The molecule has 3 rings (SSSR count). The highest BCUT2D eigenvalue weighted by atomic mass is 16.2. The lowest BCUT2D eigenvalue weighted by molar-refractivity contribution is -0.120. The molecule has 0 radical (unpaired) electrons. The maximum absolute atomic E-state index is 11.4. The molecule has 1 amide bonds. The van der Waals surface area contributed by atoms with Gasteiger partial charge in [-0.25, -0.2) is 9.97 Å². The van der Waals surface area contributed by atoms with Crippen molar-refractivity contribution in [1.29, 1.82) is 0 Å². The number of hydrogen-bond acceptors (Lipinski definition) is 5. The normalized spacial score (nSPS) is 14.7. The highest BCUT2D eigenvalue weighted by Gasteiger charge is 2.15. The van der Waals surface area contributed by atoms with Crippen molar-refractivity contribution in [2.24, 2.45) is 0 Å². The van der Waals surface area contributed by atoms with E-state index >= 15 is 0 Å². The number of aromatic nitrogens is 2. The van der Waals surface area contributed by atoms with Gasteiger partial charge in [0.2, 0.25) is 11.9 Å². The van der Waals surface area contributed by atoms with Gasteiger partial charge >= 0.3 is 0 Å². The average Bonchev–Trinajstić information content (AvgIpc) is 2.54. The lowest BCUT2D eigenvalue weighted by Crippen LogP contribution is -2.47. The lowest BCUT2D eigenvalue weighted by Gasteiger charge is -2.28. The van der Waals surface area contributed by atoms with Crippen LogP contribution in [0, 0.1) is 0 Å². The van der Waals surface area contributed by atoms with Gasteiger partial charge in [0.1, 0.15) is 0 Å². The lowest BCUT2D eigenvalue weighted by atomic mass is 10.2. The summed E-state index contributed by atoms with van der Waals surface area (Å²) in [4.78, 5) is 21.7. The van der Waals surface area contributed by atoms with Crippen molar-refractivity contribution < 1.29 is 4.79 Å². The minimum atomic E-state index is 0.0771. The molecule has 0 spiro atoms. The summed E-state index contributed by atoms with van der Waals surface area (Å²) >= 11 is 0. The fourth-order valence-electron chi connectivity index (χ4n) is 2.26. The van der Waals surface area contributed by atoms with E-state index in [-0.39, 0.29) is 5.91 Å². The molecule has 2 N–H and O–H groups in total. The van der Waals surface area contributed by atoms with Crippen LogP contribution in [0.5, 0.6) is 0 Å². The first kappa shape index (κ1) is 13.4. The first-order valence-electron chi connectivity index (χ1n) is 6.93. The summed E-state index contributed by atoms with van der Waals surface area (Å²) in [6.45, 7) is 2.65. The quantitative estimate of drug-likeness (QED) is 0.877. The van der Waals surface area contributed by atoms with Gasteiger partial charge in [0.15, 0.2) is 0 Å². The molecule has 1 aromatic heterocycles. The molecular weight excluding hydrogens is 266 g/mol. The molecule has 6 nitrogen and oxygen atoms in total. The van der Waals surface area contributed by atoms with Crippen LogP contribution in [-0.2, 0) is 11.3 Å². The molecule has 1 aliphatic heterocycles. The third-order valence-electron chi connectivity index (χ3n) is 3.36. The Bertz CT molecular complexity index is 599. The summed E-state index contributed by atoms with van der Waals surface area (Å²) in [7, 11) is 0. The van der Waals surface area contributed by atoms with Crippen molar-refractivity contribution in [3.63, 3.8) is 0 Å². The van der Waals surface area contributed by atoms with Crippen LogP contribution in [-0.4, -0.2) is 35.5 Å². The van der Waals surface area contributed by atoms with Crippen molar-refractivity contribution >= 4 is 17.5 Å². The van der Waals surface area contributed by atoms with Crippen molar-refractivity contribution in [2.45, 2.75) is 6.54 Å². The number of piperazine rings is 1. The van der Waals surface area contributed by atoms with Crippen LogP contribution in [0.25, 0.3) is 0 Å². The standard InChI is InChI=1S/C15H17N5O/c21-14-11-20(9-8-16-14)13-4-2-12(3-5-13)10-19-15-17-6-1-7-18-15/h1-7H,8-11H2,(H,16,21)(H,17,18,19). The van der Waals surface area contributed by atoms with Gasteiger partial charge in [-0.05, 0) is 23.8 Å². The second-order valence-electron chi connectivity index (χ2n) is 4.86. The molecule has 0 atom stereocenters. The van der Waals surface area contributed by atoms with Gasteiger partial charge in [0.05, 0.1) is 6.54 Å². The van der Waals surface area contributed by atoms with E-state index in [1.165, 1.54) is 0 Å². The van der Waals surface area contributed by atoms with Crippen molar-refractivity contribution in [3.8, 4) is 0 Å². The Labute approximate surface area is 123 Å². The Balaban J connectivity index is 1.60. The van der Waals surface area contributed by atoms with Gasteiger partial charge in [-0.1, -0.05) is 12.1 Å². The number of carbonyl (C=O) groups is 1. The van der Waals surface area contributed by atoms with Crippen LogP contribution < -0.4 is 15.5 Å². The van der Waals surface area contributed by atoms with Crippen LogP contribution in [0.4, 0.5) is 11.6 Å². The molecule has 6 heteroatoms. The summed E-state index contributed by atoms with van der Waals surface area (Å²) in [6.07, 6.45) is 3.42. The second kappa shape index (κ2) is 6.21. The Morgan fingerprint density at radius 1 is 1.19 bits per heavy atom. The molecule has 1 aromatic carbocycles. The maximum atomic E-state index is 11.4. The van der Waals surface area contributed by atoms with E-state index in [9.17, 15) is 4.79 Å². The zero-order chi connectivity index (χ0) is 14.5. The molecule has 0 bridgehead atoms. The monoisotopic (exact) mass is 283 g/mol. The number of carbonyl (C=O) groups excluding carboxylic acids is 1. The number of nitrogens with one attached hydrogen (secondary N) is 2. The molecule has 0 saturated carbocycles. The number of amides is 1. The van der Waals surface area contributed by atoms with Crippen LogP contribution in [0.3, 0.4) is 0 Å². The van der Waals surface area contributed by atoms with Crippen molar-refractivity contribution in [1.82, 2.24) is 15.3 Å². The molecule has 1 saturated heterocycles. The third-order valence-corrected chi connectivity index (χ3v) is 3.36. The summed E-state index contributed by atoms with van der Waals surface area (Å²) < 4.78 is 0. The van der Waals surface area contributed by atoms with Gasteiger partial charge in [0, 0.05) is 37.7 Å². The predicted octanol–water partition coefficient (Wildman–Crippen LogP) is 1.02. The van der Waals surface area contributed by atoms with Crippen LogP contribution in [0.15, 0.2) is 42.7 Å². The van der Waals surface area contributed by atoms with Gasteiger partial charge in [0.25, 0.3) is 0 Å². The zero-order valence-electron chi connectivity index (χ0n) is 11.6. The van der Waals surface area contributed by atoms with Crippen LogP contribution >= 0.6 is 0 Å². The van der Waals surface area contributed by atoms with Crippen LogP contribution in [0.2, 0.25) is 0 Å². The summed E-state index contributed by atoms with van der Waals surface area (Å²) in [5.74, 6) is 0.697. The van der Waals surface area contributed by atoms with Gasteiger partial charge in [-0.2, -0.15) is 0 Å². The number of anilines is 2. The van der Waals surface area contributed by atoms with E-state index in [2.05, 4.69) is 37.6 Å². The van der Waals surface area contributed by atoms with Crippen molar-refractivity contribution in [2.75, 3.05) is 29.9 Å². The van der Waals surface area contributed by atoms with E-state index < -0.39 is 0 Å². The largest absolute Gasteiger partial charge is 0.360 e. The molecule has 0 aliphatic carbocycles. The highest BCUT2D eigenvalue weighted by molar-refractivity contribution is 5.82. The molecule has 1 aliphatic rings. The van der Waals surface area contributed by atoms with E-state index in [0.29, 0.717) is 25.6 Å². The smallest absolute Gasteiger partial charge is 0.239 e. The molecule has 108 valence electrons. The Kier molecular flexibility index (Phi) is 3.95. The molecule has 2 heterocycles. The Hall–Kier alpha value is -2.63. The fourth-order valence-corrected chi connectivity index (χ4v) is 2.26.